The number of anilines is 2. The maximum Gasteiger partial charge on any atom is 0.228 e. The van der Waals surface area contributed by atoms with Gasteiger partial charge in [-0.05, 0) is 70.1 Å². The van der Waals surface area contributed by atoms with E-state index in [9.17, 15) is 0 Å². The molecule has 0 bridgehead atoms. The lowest BCUT2D eigenvalue weighted by Crippen LogP contribution is -2.23. The Hall–Kier alpha value is -1.83. The summed E-state index contributed by atoms with van der Waals surface area (Å²) >= 11 is 0. The van der Waals surface area contributed by atoms with Gasteiger partial charge in [-0.1, -0.05) is 5.92 Å². The molecule has 0 spiro atoms. The van der Waals surface area contributed by atoms with E-state index in [1.165, 1.54) is 38.5 Å². The first-order valence-electron chi connectivity index (χ1n) is 8.98. The lowest BCUT2D eigenvalue weighted by atomic mass is 10.2. The molecule has 4 rings (SSSR count). The Bertz CT molecular complexity index is 596. The molecule has 0 amide bonds. The summed E-state index contributed by atoms with van der Waals surface area (Å²) in [5.41, 5.74) is 0. The van der Waals surface area contributed by atoms with E-state index in [-0.39, 0.29) is 0 Å². The van der Waals surface area contributed by atoms with Gasteiger partial charge in [0.05, 0.1) is 0 Å². The number of aromatic nitrogens is 3. The van der Waals surface area contributed by atoms with Crippen LogP contribution in [0.25, 0.3) is 0 Å². The smallest absolute Gasteiger partial charge is 0.228 e. The Labute approximate surface area is 138 Å². The Kier molecular flexibility index (Phi) is 3.84. The van der Waals surface area contributed by atoms with Crippen LogP contribution in [0.15, 0.2) is 0 Å². The van der Waals surface area contributed by atoms with Crippen molar-refractivity contribution in [2.45, 2.75) is 64.5 Å². The quantitative estimate of drug-likeness (QED) is 0.791. The molecule has 3 aliphatic rings. The molecule has 1 aromatic rings. The first-order valence-corrected chi connectivity index (χ1v) is 8.98. The van der Waals surface area contributed by atoms with Gasteiger partial charge in [-0.15, -0.1) is 0 Å². The molecule has 3 fully saturated rings. The summed E-state index contributed by atoms with van der Waals surface area (Å²) in [6.45, 7) is 4.41. The molecule has 0 aromatic carbocycles. The number of hydrogen-bond donors (Lipinski definition) is 2. The van der Waals surface area contributed by atoms with Crippen LogP contribution in [0.5, 0.6) is 0 Å². The van der Waals surface area contributed by atoms with Crippen LogP contribution in [0.3, 0.4) is 0 Å². The third kappa shape index (κ3) is 4.13. The van der Waals surface area contributed by atoms with Crippen molar-refractivity contribution in [3.63, 3.8) is 0 Å². The minimum absolute atomic E-state index is 0.412. The largest absolute Gasteiger partial charge is 0.351 e. The molecule has 122 valence electrons. The van der Waals surface area contributed by atoms with E-state index in [0.29, 0.717) is 35.7 Å². The van der Waals surface area contributed by atoms with E-state index in [1.54, 1.807) is 0 Å². The fraction of sp³-hybridized carbons (Fsp3) is 0.722. The molecule has 0 saturated heterocycles. The molecule has 3 saturated carbocycles. The van der Waals surface area contributed by atoms with E-state index in [2.05, 4.69) is 51.3 Å². The van der Waals surface area contributed by atoms with Crippen LogP contribution in [-0.2, 0) is 0 Å². The molecular weight excluding hydrogens is 286 g/mol. The van der Waals surface area contributed by atoms with E-state index >= 15 is 0 Å². The summed E-state index contributed by atoms with van der Waals surface area (Å²) in [5.74, 6) is 10.3. The van der Waals surface area contributed by atoms with Crippen molar-refractivity contribution >= 4 is 11.9 Å². The minimum atomic E-state index is 0.412. The van der Waals surface area contributed by atoms with Crippen LogP contribution in [0.4, 0.5) is 11.9 Å². The van der Waals surface area contributed by atoms with E-state index in [1.807, 2.05) is 0 Å². The van der Waals surface area contributed by atoms with Gasteiger partial charge in [0.15, 0.2) is 0 Å². The van der Waals surface area contributed by atoms with E-state index in [4.69, 9.17) is 0 Å². The molecule has 1 aromatic heterocycles. The zero-order valence-corrected chi connectivity index (χ0v) is 14.0. The summed E-state index contributed by atoms with van der Waals surface area (Å²) in [5, 5.41) is 6.87. The van der Waals surface area contributed by atoms with Crippen LogP contribution in [0, 0.1) is 29.6 Å². The summed E-state index contributed by atoms with van der Waals surface area (Å²) in [6, 6.07) is 0.825. The second-order valence-electron chi connectivity index (χ2n) is 7.39. The van der Waals surface area contributed by atoms with Gasteiger partial charge in [-0.25, -0.2) is 0 Å². The van der Waals surface area contributed by atoms with Crippen LogP contribution < -0.4 is 10.6 Å². The summed E-state index contributed by atoms with van der Waals surface area (Å²) in [7, 11) is 0. The topological polar surface area (TPSA) is 62.7 Å². The van der Waals surface area contributed by atoms with E-state index in [0.717, 1.165) is 11.8 Å². The van der Waals surface area contributed by atoms with Gasteiger partial charge in [0.2, 0.25) is 17.7 Å². The lowest BCUT2D eigenvalue weighted by Gasteiger charge is -2.16. The van der Waals surface area contributed by atoms with Gasteiger partial charge in [-0.2, -0.15) is 15.0 Å². The molecule has 0 unspecified atom stereocenters. The Balaban J connectivity index is 1.52. The summed E-state index contributed by atoms with van der Waals surface area (Å²) < 4.78 is 0. The van der Waals surface area contributed by atoms with Crippen molar-refractivity contribution in [3.05, 3.63) is 5.82 Å². The van der Waals surface area contributed by atoms with Gasteiger partial charge in [-0.3, -0.25) is 0 Å². The van der Waals surface area contributed by atoms with Gasteiger partial charge in [0, 0.05) is 18.0 Å². The molecule has 1 heterocycles. The average molecular weight is 311 g/mol. The zero-order chi connectivity index (χ0) is 15.8. The third-order valence-electron chi connectivity index (χ3n) is 4.97. The Morgan fingerprint density at radius 1 is 0.826 bits per heavy atom. The van der Waals surface area contributed by atoms with Crippen LogP contribution >= 0.6 is 0 Å². The highest BCUT2D eigenvalue weighted by Crippen LogP contribution is 2.34. The minimum Gasteiger partial charge on any atom is -0.351 e. The Morgan fingerprint density at radius 2 is 1.35 bits per heavy atom. The first-order chi connectivity index (χ1) is 11.2. The predicted molar refractivity (Wildman–Crippen MR) is 91.0 cm³/mol. The van der Waals surface area contributed by atoms with Crippen molar-refractivity contribution in [3.8, 4) is 11.8 Å². The normalized spacial score (nSPS) is 22.7. The van der Waals surface area contributed by atoms with Gasteiger partial charge in [0.1, 0.15) is 0 Å². The summed E-state index contributed by atoms with van der Waals surface area (Å²) in [6.07, 6.45) is 7.64. The third-order valence-corrected chi connectivity index (χ3v) is 4.97. The average Bonchev–Trinajstić information content (AvgIpc) is 3.42. The van der Waals surface area contributed by atoms with Crippen molar-refractivity contribution in [2.24, 2.45) is 17.8 Å². The zero-order valence-electron chi connectivity index (χ0n) is 14.0. The molecule has 2 atom stereocenters. The van der Waals surface area contributed by atoms with E-state index < -0.39 is 0 Å². The van der Waals surface area contributed by atoms with Gasteiger partial charge < -0.3 is 10.6 Å². The second kappa shape index (κ2) is 5.99. The van der Waals surface area contributed by atoms with Gasteiger partial charge >= 0.3 is 0 Å². The highest BCUT2D eigenvalue weighted by atomic mass is 15.2. The molecule has 0 aliphatic heterocycles. The number of hydrogen-bond acceptors (Lipinski definition) is 5. The van der Waals surface area contributed by atoms with Crippen molar-refractivity contribution in [2.75, 3.05) is 10.6 Å². The van der Waals surface area contributed by atoms with Gasteiger partial charge in [0.25, 0.3) is 0 Å². The number of nitrogens with one attached hydrogen (secondary N) is 2. The first kappa shape index (κ1) is 14.7. The Morgan fingerprint density at radius 3 is 1.78 bits per heavy atom. The molecule has 2 N–H and O–H groups in total. The van der Waals surface area contributed by atoms with Crippen molar-refractivity contribution in [1.82, 2.24) is 15.0 Å². The number of nitrogens with zero attached hydrogens (tertiary/aromatic N) is 3. The molecular formula is C18H25N5. The molecule has 23 heavy (non-hydrogen) atoms. The SMILES string of the molecule is C[C@@H](Nc1nc(C#CC2CC2)nc(N[C@H](C)C2CC2)n1)C1CC1. The molecule has 3 aliphatic carbocycles. The van der Waals surface area contributed by atoms with Crippen molar-refractivity contribution in [1.29, 1.82) is 0 Å². The maximum atomic E-state index is 4.56. The fourth-order valence-electron chi connectivity index (χ4n) is 2.79. The second-order valence-corrected chi connectivity index (χ2v) is 7.39. The monoisotopic (exact) mass is 311 g/mol. The van der Waals surface area contributed by atoms with Crippen LogP contribution in [0.2, 0.25) is 0 Å². The highest BCUT2D eigenvalue weighted by molar-refractivity contribution is 5.40. The standard InChI is InChI=1S/C18H25N5/c1-11(14-6-7-14)19-17-21-16(10-5-13-3-4-13)22-18(23-17)20-12(2)15-8-9-15/h11-15H,3-4,6-9H2,1-2H3,(H2,19,20,21,22,23)/t11-,12-/m1/s1. The fourth-order valence-corrected chi connectivity index (χ4v) is 2.79. The highest BCUT2D eigenvalue weighted by Gasteiger charge is 2.30. The molecule has 5 heteroatoms. The predicted octanol–water partition coefficient (Wildman–Crippen LogP) is 3.05. The van der Waals surface area contributed by atoms with Crippen molar-refractivity contribution < 1.29 is 0 Å². The number of rotatable bonds is 6. The van der Waals surface area contributed by atoms with Crippen LogP contribution in [0.1, 0.15) is 58.2 Å². The van der Waals surface area contributed by atoms with Crippen LogP contribution in [-0.4, -0.2) is 27.0 Å². The molecule has 5 nitrogen and oxygen atoms in total. The summed E-state index contributed by atoms with van der Waals surface area (Å²) in [4.78, 5) is 13.6. The lowest BCUT2D eigenvalue weighted by molar-refractivity contribution is 0.675. The maximum absolute atomic E-state index is 4.56. The molecule has 0 radical (unpaired) electrons.